The van der Waals surface area contributed by atoms with Crippen LogP contribution in [0.5, 0.6) is 0 Å². The summed E-state index contributed by atoms with van der Waals surface area (Å²) in [5, 5.41) is 0. The normalized spacial score (nSPS) is 10.9. The van der Waals surface area contributed by atoms with E-state index in [9.17, 15) is 0 Å². The van der Waals surface area contributed by atoms with Crippen molar-refractivity contribution in [1.29, 1.82) is 0 Å². The molecule has 5 heteroatoms. The number of pyridine rings is 2. The molecule has 0 aliphatic rings. The van der Waals surface area contributed by atoms with Gasteiger partial charge in [-0.15, -0.1) is 0 Å². The number of hydrogen-bond donors (Lipinski definition) is 1. The van der Waals surface area contributed by atoms with Crippen molar-refractivity contribution >= 4 is 17.1 Å². The van der Waals surface area contributed by atoms with Gasteiger partial charge < -0.3 is 5.73 Å². The number of nitrogens with zero attached hydrogens (tertiary/aromatic N) is 4. The molecule has 0 spiro atoms. The van der Waals surface area contributed by atoms with E-state index < -0.39 is 0 Å². The fraction of sp³-hybridized carbons (Fsp3) is 0.154. The SMILES string of the molecule is Cc1ccc(Cn2c(N)nc3cccnc32)cn1. The van der Waals surface area contributed by atoms with Crippen molar-refractivity contribution in [2.75, 3.05) is 5.73 Å². The topological polar surface area (TPSA) is 69.6 Å². The van der Waals surface area contributed by atoms with Crippen LogP contribution in [0.2, 0.25) is 0 Å². The molecule has 5 nitrogen and oxygen atoms in total. The molecule has 0 amide bonds. The number of imidazole rings is 1. The number of hydrogen-bond acceptors (Lipinski definition) is 4. The molecule has 0 aromatic carbocycles. The summed E-state index contributed by atoms with van der Waals surface area (Å²) in [5.74, 6) is 0.476. The molecule has 0 aliphatic heterocycles. The van der Waals surface area contributed by atoms with Gasteiger partial charge in [0.05, 0.1) is 6.54 Å². The zero-order valence-corrected chi connectivity index (χ0v) is 10.0. The number of nitrogen functional groups attached to an aromatic ring is 1. The minimum Gasteiger partial charge on any atom is -0.369 e. The molecule has 90 valence electrons. The van der Waals surface area contributed by atoms with Crippen molar-refractivity contribution in [3.05, 3.63) is 47.9 Å². The Morgan fingerprint density at radius 2 is 2.11 bits per heavy atom. The highest BCUT2D eigenvalue weighted by molar-refractivity contribution is 5.73. The maximum atomic E-state index is 5.92. The molecule has 0 radical (unpaired) electrons. The molecular weight excluding hydrogens is 226 g/mol. The molecule has 3 heterocycles. The Morgan fingerprint density at radius 1 is 1.22 bits per heavy atom. The highest BCUT2D eigenvalue weighted by Gasteiger charge is 2.08. The first kappa shape index (κ1) is 10.7. The maximum absolute atomic E-state index is 5.92. The zero-order valence-electron chi connectivity index (χ0n) is 10.0. The first-order valence-electron chi connectivity index (χ1n) is 5.72. The molecule has 0 fully saturated rings. The summed E-state index contributed by atoms with van der Waals surface area (Å²) >= 11 is 0. The van der Waals surface area contributed by atoms with E-state index in [4.69, 9.17) is 5.73 Å². The minimum absolute atomic E-state index is 0.476. The van der Waals surface area contributed by atoms with Crippen LogP contribution in [0.25, 0.3) is 11.2 Å². The summed E-state index contributed by atoms with van der Waals surface area (Å²) in [6.45, 7) is 2.60. The summed E-state index contributed by atoms with van der Waals surface area (Å²) in [6, 6.07) is 7.78. The molecule has 3 aromatic rings. The summed E-state index contributed by atoms with van der Waals surface area (Å²) in [6.07, 6.45) is 3.59. The predicted octanol–water partition coefficient (Wildman–Crippen LogP) is 1.77. The molecule has 18 heavy (non-hydrogen) atoms. The lowest BCUT2D eigenvalue weighted by Crippen LogP contribution is -2.05. The second-order valence-electron chi connectivity index (χ2n) is 4.21. The molecule has 0 atom stereocenters. The Bertz CT molecular complexity index is 684. The number of rotatable bonds is 2. The molecule has 0 aliphatic carbocycles. The van der Waals surface area contributed by atoms with Crippen LogP contribution in [0, 0.1) is 6.92 Å². The van der Waals surface area contributed by atoms with Crippen LogP contribution < -0.4 is 5.73 Å². The van der Waals surface area contributed by atoms with Gasteiger partial charge in [0, 0.05) is 18.1 Å². The van der Waals surface area contributed by atoms with Gasteiger partial charge in [-0.05, 0) is 30.7 Å². The third-order valence-corrected chi connectivity index (χ3v) is 2.85. The molecule has 0 saturated heterocycles. The lowest BCUT2D eigenvalue weighted by molar-refractivity contribution is 0.821. The highest BCUT2D eigenvalue weighted by atomic mass is 15.2. The van der Waals surface area contributed by atoms with Crippen molar-refractivity contribution in [2.24, 2.45) is 0 Å². The summed E-state index contributed by atoms with van der Waals surface area (Å²) in [4.78, 5) is 12.9. The van der Waals surface area contributed by atoms with E-state index in [0.29, 0.717) is 12.5 Å². The first-order chi connectivity index (χ1) is 8.74. The summed E-state index contributed by atoms with van der Waals surface area (Å²) < 4.78 is 1.89. The standard InChI is InChI=1S/C13H13N5/c1-9-4-5-10(7-16-9)8-18-12-11(17-13(18)14)3-2-6-15-12/h2-7H,8H2,1H3,(H2,14,17). The number of aromatic nitrogens is 4. The average molecular weight is 239 g/mol. The van der Waals surface area contributed by atoms with E-state index in [-0.39, 0.29) is 0 Å². The van der Waals surface area contributed by atoms with Gasteiger partial charge in [0.15, 0.2) is 5.65 Å². The van der Waals surface area contributed by atoms with Gasteiger partial charge in [0.2, 0.25) is 5.95 Å². The van der Waals surface area contributed by atoms with Gasteiger partial charge in [0.25, 0.3) is 0 Å². The van der Waals surface area contributed by atoms with Gasteiger partial charge >= 0.3 is 0 Å². The second kappa shape index (κ2) is 4.10. The van der Waals surface area contributed by atoms with Crippen molar-refractivity contribution in [3.8, 4) is 0 Å². The number of anilines is 1. The number of fused-ring (bicyclic) bond motifs is 1. The van der Waals surface area contributed by atoms with Gasteiger partial charge in [-0.25, -0.2) is 9.97 Å². The molecule has 0 unspecified atom stereocenters. The van der Waals surface area contributed by atoms with Crippen LogP contribution in [0.15, 0.2) is 36.7 Å². The van der Waals surface area contributed by atoms with E-state index in [1.807, 2.05) is 42.0 Å². The second-order valence-corrected chi connectivity index (χ2v) is 4.21. The molecule has 3 aromatic heterocycles. The monoisotopic (exact) mass is 239 g/mol. The zero-order chi connectivity index (χ0) is 12.5. The van der Waals surface area contributed by atoms with E-state index in [0.717, 1.165) is 22.4 Å². The van der Waals surface area contributed by atoms with E-state index in [1.165, 1.54) is 0 Å². The summed E-state index contributed by atoms with van der Waals surface area (Å²) in [7, 11) is 0. The molecule has 3 rings (SSSR count). The third kappa shape index (κ3) is 1.79. The van der Waals surface area contributed by atoms with Crippen molar-refractivity contribution in [1.82, 2.24) is 19.5 Å². The van der Waals surface area contributed by atoms with Crippen LogP contribution >= 0.6 is 0 Å². The molecule has 2 N–H and O–H groups in total. The van der Waals surface area contributed by atoms with Crippen molar-refractivity contribution < 1.29 is 0 Å². The third-order valence-electron chi connectivity index (χ3n) is 2.85. The Kier molecular flexibility index (Phi) is 2.44. The average Bonchev–Trinajstić information content (AvgIpc) is 2.69. The van der Waals surface area contributed by atoms with Crippen molar-refractivity contribution in [2.45, 2.75) is 13.5 Å². The van der Waals surface area contributed by atoms with Gasteiger partial charge in [-0.2, -0.15) is 0 Å². The number of aryl methyl sites for hydroxylation is 1. The lowest BCUT2D eigenvalue weighted by atomic mass is 10.2. The van der Waals surface area contributed by atoms with E-state index >= 15 is 0 Å². The number of nitrogens with two attached hydrogens (primary N) is 1. The summed E-state index contributed by atoms with van der Waals surface area (Å²) in [5.41, 5.74) is 9.62. The predicted molar refractivity (Wildman–Crippen MR) is 70.0 cm³/mol. The quantitative estimate of drug-likeness (QED) is 0.739. The fourth-order valence-electron chi connectivity index (χ4n) is 1.91. The maximum Gasteiger partial charge on any atom is 0.202 e. The minimum atomic E-state index is 0.476. The van der Waals surface area contributed by atoms with Crippen LogP contribution in [-0.4, -0.2) is 19.5 Å². The Balaban J connectivity index is 2.04. The van der Waals surface area contributed by atoms with Gasteiger partial charge in [-0.1, -0.05) is 6.07 Å². The van der Waals surface area contributed by atoms with E-state index in [2.05, 4.69) is 15.0 Å². The molecular formula is C13H13N5. The lowest BCUT2D eigenvalue weighted by Gasteiger charge is -2.05. The smallest absolute Gasteiger partial charge is 0.202 e. The fourth-order valence-corrected chi connectivity index (χ4v) is 1.91. The van der Waals surface area contributed by atoms with Gasteiger partial charge in [0.1, 0.15) is 5.52 Å². The Hall–Kier alpha value is -2.43. The van der Waals surface area contributed by atoms with Crippen LogP contribution in [0.1, 0.15) is 11.3 Å². The Labute approximate surface area is 104 Å². The van der Waals surface area contributed by atoms with Crippen LogP contribution in [0.4, 0.5) is 5.95 Å². The Morgan fingerprint density at radius 3 is 2.89 bits per heavy atom. The van der Waals surface area contributed by atoms with Crippen LogP contribution in [0.3, 0.4) is 0 Å². The highest BCUT2D eigenvalue weighted by Crippen LogP contribution is 2.16. The largest absolute Gasteiger partial charge is 0.369 e. The van der Waals surface area contributed by atoms with Gasteiger partial charge in [-0.3, -0.25) is 9.55 Å². The van der Waals surface area contributed by atoms with Crippen molar-refractivity contribution in [3.63, 3.8) is 0 Å². The first-order valence-corrected chi connectivity index (χ1v) is 5.72. The molecule has 0 saturated carbocycles. The van der Waals surface area contributed by atoms with Crippen LogP contribution in [-0.2, 0) is 6.54 Å². The van der Waals surface area contributed by atoms with E-state index in [1.54, 1.807) is 6.20 Å². The molecule has 0 bridgehead atoms.